The van der Waals surface area contributed by atoms with Gasteiger partial charge in [0.25, 0.3) is 11.8 Å². The van der Waals surface area contributed by atoms with Crippen LogP contribution in [0.25, 0.3) is 0 Å². The number of hydrogen-bond donors (Lipinski definition) is 3. The maximum atomic E-state index is 12.8. The summed E-state index contributed by atoms with van der Waals surface area (Å²) in [6, 6.07) is 4.65. The van der Waals surface area contributed by atoms with Crippen molar-refractivity contribution in [3.8, 4) is 0 Å². The molecular formula is C22H26Cl2N6O3. The number of piperidine rings is 1. The number of rotatable bonds is 7. The third-order valence-electron chi connectivity index (χ3n) is 5.18. The zero-order valence-electron chi connectivity index (χ0n) is 18.4. The lowest BCUT2D eigenvalue weighted by Gasteiger charge is -2.31. The van der Waals surface area contributed by atoms with Crippen LogP contribution in [0.15, 0.2) is 36.5 Å². The van der Waals surface area contributed by atoms with Gasteiger partial charge in [0.15, 0.2) is 0 Å². The van der Waals surface area contributed by atoms with Gasteiger partial charge in [-0.25, -0.2) is 0 Å². The lowest BCUT2D eigenvalue weighted by molar-refractivity contribution is -0.127. The third kappa shape index (κ3) is 6.56. The molecule has 1 aromatic carbocycles. The van der Waals surface area contributed by atoms with Crippen LogP contribution in [0.2, 0.25) is 10.0 Å². The monoisotopic (exact) mass is 492 g/mol. The van der Waals surface area contributed by atoms with E-state index in [4.69, 9.17) is 23.2 Å². The highest BCUT2D eigenvalue weighted by molar-refractivity contribution is 6.40. The molecule has 2 heterocycles. The number of nitrogens with zero attached hydrogens (tertiary/aromatic N) is 3. The molecule has 0 aliphatic carbocycles. The number of halogens is 2. The van der Waals surface area contributed by atoms with E-state index in [2.05, 4.69) is 20.8 Å². The van der Waals surface area contributed by atoms with Crippen molar-refractivity contribution in [3.63, 3.8) is 0 Å². The molecule has 0 radical (unpaired) electrons. The minimum Gasteiger partial charge on any atom is -0.348 e. The van der Waals surface area contributed by atoms with Crippen molar-refractivity contribution >= 4 is 46.6 Å². The lowest BCUT2D eigenvalue weighted by Crippen LogP contribution is -2.46. The summed E-state index contributed by atoms with van der Waals surface area (Å²) in [6.07, 6.45) is 6.02. The molecular weight excluding hydrogens is 467 g/mol. The first-order valence-corrected chi connectivity index (χ1v) is 11.2. The van der Waals surface area contributed by atoms with Gasteiger partial charge in [-0.2, -0.15) is 5.10 Å². The Morgan fingerprint density at radius 1 is 1.18 bits per heavy atom. The van der Waals surface area contributed by atoms with Gasteiger partial charge in [-0.3, -0.25) is 19.5 Å². The number of H-pyrrole nitrogens is 1. The van der Waals surface area contributed by atoms with Crippen LogP contribution in [0, 0.1) is 0 Å². The molecule has 1 saturated heterocycles. The van der Waals surface area contributed by atoms with E-state index in [0.29, 0.717) is 32.5 Å². The highest BCUT2D eigenvalue weighted by atomic mass is 35.5. The van der Waals surface area contributed by atoms with Crippen molar-refractivity contribution < 1.29 is 14.4 Å². The number of nitrogens with one attached hydrogen (secondary N) is 3. The first kappa shape index (κ1) is 24.8. The molecule has 2 aromatic rings. The maximum Gasteiger partial charge on any atom is 0.271 e. The average Bonchev–Trinajstić information content (AvgIpc) is 3.22. The summed E-state index contributed by atoms with van der Waals surface area (Å²) in [5.41, 5.74) is 0.453. The van der Waals surface area contributed by atoms with Gasteiger partial charge in [-0.05, 0) is 39.1 Å². The fourth-order valence-electron chi connectivity index (χ4n) is 3.43. The van der Waals surface area contributed by atoms with E-state index in [0.717, 1.165) is 0 Å². The van der Waals surface area contributed by atoms with Crippen LogP contribution >= 0.6 is 23.2 Å². The van der Waals surface area contributed by atoms with Crippen LogP contribution in [-0.2, 0) is 4.79 Å². The van der Waals surface area contributed by atoms with Crippen LogP contribution in [0.3, 0.4) is 0 Å². The van der Waals surface area contributed by atoms with Gasteiger partial charge in [-0.15, -0.1) is 0 Å². The number of carbonyl (C=O) groups is 3. The number of likely N-dealkylation sites (N-methyl/N-ethyl adjacent to an activating group) is 1. The molecule has 176 valence electrons. The van der Waals surface area contributed by atoms with Crippen LogP contribution in [0.4, 0.5) is 5.69 Å². The van der Waals surface area contributed by atoms with E-state index in [1.807, 2.05) is 25.1 Å². The number of amides is 3. The number of anilines is 1. The Labute approximate surface area is 202 Å². The Kier molecular flexibility index (Phi) is 8.49. The van der Waals surface area contributed by atoms with Crippen LogP contribution in [0.5, 0.6) is 0 Å². The Bertz CT molecular complexity index is 1020. The molecule has 1 aliphatic rings. The largest absolute Gasteiger partial charge is 0.348 e. The quantitative estimate of drug-likeness (QED) is 0.514. The Morgan fingerprint density at radius 3 is 2.48 bits per heavy atom. The molecule has 11 heteroatoms. The lowest BCUT2D eigenvalue weighted by atomic mass is 10.0. The van der Waals surface area contributed by atoms with Crippen LogP contribution < -0.4 is 10.6 Å². The van der Waals surface area contributed by atoms with E-state index in [1.54, 1.807) is 29.2 Å². The summed E-state index contributed by atoms with van der Waals surface area (Å²) in [7, 11) is 3.87. The summed E-state index contributed by atoms with van der Waals surface area (Å²) in [4.78, 5) is 41.4. The second-order valence-electron chi connectivity index (χ2n) is 7.95. The molecule has 0 unspecified atom stereocenters. The number of likely N-dealkylation sites (tertiary alicyclic amines) is 1. The smallest absolute Gasteiger partial charge is 0.271 e. The Morgan fingerprint density at radius 2 is 1.85 bits per heavy atom. The highest BCUT2D eigenvalue weighted by Crippen LogP contribution is 2.26. The van der Waals surface area contributed by atoms with E-state index in [9.17, 15) is 14.4 Å². The van der Waals surface area contributed by atoms with Crippen LogP contribution in [-0.4, -0.2) is 77.5 Å². The van der Waals surface area contributed by atoms with Crippen molar-refractivity contribution in [2.45, 2.75) is 18.9 Å². The maximum absolute atomic E-state index is 12.8. The molecule has 1 aromatic heterocycles. The first-order valence-electron chi connectivity index (χ1n) is 10.5. The summed E-state index contributed by atoms with van der Waals surface area (Å²) >= 11 is 12.2. The Hall–Kier alpha value is -2.88. The van der Waals surface area contributed by atoms with E-state index in [1.165, 1.54) is 6.20 Å². The zero-order valence-corrected chi connectivity index (χ0v) is 19.9. The second-order valence-corrected chi connectivity index (χ2v) is 8.76. The SMILES string of the molecule is CN(C)CC=CC(=O)N1CCC(NC(=O)c2[nH]ncc2NC(=O)c2c(Cl)cccc2Cl)CC1. The third-order valence-corrected chi connectivity index (χ3v) is 5.81. The van der Waals surface area contributed by atoms with Gasteiger partial charge in [0.2, 0.25) is 5.91 Å². The molecule has 3 amide bonds. The van der Waals surface area contributed by atoms with E-state index in [-0.39, 0.29) is 38.9 Å². The van der Waals surface area contributed by atoms with Gasteiger partial charge >= 0.3 is 0 Å². The standard InChI is InChI=1S/C22H26Cl2N6O3/c1-29(2)10-4-7-18(31)30-11-8-14(9-12-30)26-22(33)20-17(13-25-28-20)27-21(32)19-15(23)5-3-6-16(19)24/h3-7,13-14H,8-12H2,1-2H3,(H,25,28)(H,26,33)(H,27,32). The summed E-state index contributed by atoms with van der Waals surface area (Å²) in [5, 5.41) is 12.5. The van der Waals surface area contributed by atoms with Crippen molar-refractivity contribution in [3.05, 3.63) is 57.9 Å². The minimum absolute atomic E-state index is 0.0292. The molecule has 1 aliphatic heterocycles. The summed E-state index contributed by atoms with van der Waals surface area (Å²) < 4.78 is 0. The molecule has 33 heavy (non-hydrogen) atoms. The number of aromatic amines is 1. The molecule has 9 nitrogen and oxygen atoms in total. The first-order chi connectivity index (χ1) is 15.8. The molecule has 0 saturated carbocycles. The molecule has 0 spiro atoms. The van der Waals surface area contributed by atoms with Gasteiger partial charge in [-0.1, -0.05) is 35.3 Å². The normalized spacial score (nSPS) is 14.6. The van der Waals surface area contributed by atoms with Gasteiger partial charge in [0, 0.05) is 31.8 Å². The van der Waals surface area contributed by atoms with Gasteiger partial charge in [0.1, 0.15) is 5.69 Å². The second kappa shape index (κ2) is 11.3. The fourth-order valence-corrected chi connectivity index (χ4v) is 3.99. The topological polar surface area (TPSA) is 110 Å². The van der Waals surface area contributed by atoms with Gasteiger partial charge in [0.05, 0.1) is 27.5 Å². The van der Waals surface area contributed by atoms with Crippen molar-refractivity contribution in [2.24, 2.45) is 0 Å². The summed E-state index contributed by atoms with van der Waals surface area (Å²) in [5.74, 6) is -0.975. The molecule has 1 fully saturated rings. The highest BCUT2D eigenvalue weighted by Gasteiger charge is 2.25. The van der Waals surface area contributed by atoms with Crippen molar-refractivity contribution in [2.75, 3.05) is 39.0 Å². The van der Waals surface area contributed by atoms with Crippen LogP contribution in [0.1, 0.15) is 33.7 Å². The fraction of sp³-hybridized carbons (Fsp3) is 0.364. The number of benzene rings is 1. The van der Waals surface area contributed by atoms with Crippen molar-refractivity contribution in [1.82, 2.24) is 25.3 Å². The molecule has 3 rings (SSSR count). The number of carbonyl (C=O) groups excluding carboxylic acids is 3. The number of aromatic nitrogens is 2. The average molecular weight is 493 g/mol. The molecule has 0 bridgehead atoms. The van der Waals surface area contributed by atoms with Gasteiger partial charge < -0.3 is 20.4 Å². The predicted octanol–water partition coefficient (Wildman–Crippen LogP) is 2.81. The van der Waals surface area contributed by atoms with E-state index < -0.39 is 11.8 Å². The molecule has 3 N–H and O–H groups in total. The number of hydrogen-bond acceptors (Lipinski definition) is 5. The van der Waals surface area contributed by atoms with E-state index >= 15 is 0 Å². The molecule has 0 atom stereocenters. The Balaban J connectivity index is 1.55. The predicted molar refractivity (Wildman–Crippen MR) is 128 cm³/mol. The van der Waals surface area contributed by atoms with Crippen molar-refractivity contribution in [1.29, 1.82) is 0 Å². The summed E-state index contributed by atoms with van der Waals surface area (Å²) in [6.45, 7) is 1.80. The minimum atomic E-state index is -0.546. The zero-order chi connectivity index (χ0) is 24.0.